The zero-order chi connectivity index (χ0) is 13.0. The predicted octanol–water partition coefficient (Wildman–Crippen LogP) is 0.407. The van der Waals surface area contributed by atoms with Gasteiger partial charge in [0, 0.05) is 11.2 Å². The molecule has 0 radical (unpaired) electrons. The molecule has 0 aromatic carbocycles. The lowest BCUT2D eigenvalue weighted by Crippen LogP contribution is -2.74. The molecule has 2 saturated heterocycles. The molecule has 0 aromatic rings. The minimum absolute atomic E-state index is 0.228. The van der Waals surface area contributed by atoms with Crippen LogP contribution in [0.3, 0.4) is 0 Å². The van der Waals surface area contributed by atoms with Gasteiger partial charge in [0.2, 0.25) is 5.91 Å². The molecule has 2 heterocycles. The third-order valence-corrected chi connectivity index (χ3v) is 5.37. The molecule has 0 aliphatic carbocycles. The third-order valence-electron chi connectivity index (χ3n) is 3.70. The summed E-state index contributed by atoms with van der Waals surface area (Å²) in [5, 5.41) is 9.33. The number of carboxylic acids is 1. The molecule has 2 rings (SSSR count). The largest absolute Gasteiger partial charge is 0.479 e. The van der Waals surface area contributed by atoms with Crippen LogP contribution in [0.4, 0.5) is 0 Å². The van der Waals surface area contributed by atoms with E-state index in [9.17, 15) is 14.7 Å². The monoisotopic (exact) mass is 256 g/mol. The lowest BCUT2D eigenvalue weighted by Gasteiger charge is -2.48. The quantitative estimate of drug-likeness (QED) is 0.564. The van der Waals surface area contributed by atoms with Crippen molar-refractivity contribution in [3.05, 3.63) is 12.7 Å². The first-order chi connectivity index (χ1) is 7.79. The van der Waals surface area contributed by atoms with Crippen molar-refractivity contribution in [2.75, 3.05) is 0 Å². The van der Waals surface area contributed by atoms with Gasteiger partial charge in [0.25, 0.3) is 0 Å². The second-order valence-electron chi connectivity index (χ2n) is 4.91. The van der Waals surface area contributed by atoms with Crippen LogP contribution >= 0.6 is 11.8 Å². The SMILES string of the molecule is C=CC[C@@]1(C(=O)O)N2C(=O)[C@@H](N)[C@H]2SC1(C)C. The fourth-order valence-corrected chi connectivity index (χ4v) is 4.43. The van der Waals surface area contributed by atoms with Crippen LogP contribution in [-0.2, 0) is 9.59 Å². The fraction of sp³-hybridized carbons (Fsp3) is 0.636. The Kier molecular flexibility index (Phi) is 2.56. The lowest BCUT2D eigenvalue weighted by atomic mass is 9.78. The highest BCUT2D eigenvalue weighted by Gasteiger charge is 2.71. The molecule has 2 aliphatic rings. The molecule has 0 aromatic heterocycles. The highest BCUT2D eigenvalue weighted by atomic mass is 32.2. The maximum atomic E-state index is 11.8. The average molecular weight is 256 g/mol. The summed E-state index contributed by atoms with van der Waals surface area (Å²) < 4.78 is -0.582. The molecular formula is C11H16N2O3S. The van der Waals surface area contributed by atoms with Crippen molar-refractivity contribution in [2.24, 2.45) is 5.73 Å². The van der Waals surface area contributed by atoms with Crippen LogP contribution in [0.25, 0.3) is 0 Å². The normalized spacial score (nSPS) is 38.5. The summed E-state index contributed by atoms with van der Waals surface area (Å²) in [6.07, 6.45) is 1.78. The van der Waals surface area contributed by atoms with E-state index in [4.69, 9.17) is 5.73 Å². The lowest BCUT2D eigenvalue weighted by molar-refractivity contribution is -0.169. The molecule has 6 heteroatoms. The Balaban J connectivity index is 2.51. The number of amides is 1. The van der Waals surface area contributed by atoms with Crippen LogP contribution in [-0.4, -0.2) is 43.6 Å². The van der Waals surface area contributed by atoms with E-state index in [1.807, 2.05) is 13.8 Å². The highest BCUT2D eigenvalue weighted by Crippen LogP contribution is 2.57. The summed E-state index contributed by atoms with van der Waals surface area (Å²) in [6.45, 7) is 7.28. The summed E-state index contributed by atoms with van der Waals surface area (Å²) in [5.74, 6) is -1.27. The fourth-order valence-electron chi connectivity index (χ4n) is 2.71. The molecule has 0 bridgehead atoms. The van der Waals surface area contributed by atoms with Crippen LogP contribution < -0.4 is 5.73 Å². The van der Waals surface area contributed by atoms with E-state index in [0.29, 0.717) is 0 Å². The number of carboxylic acid groups (broad SMARTS) is 1. The summed E-state index contributed by atoms with van der Waals surface area (Å²) in [7, 11) is 0. The number of hydrogen-bond acceptors (Lipinski definition) is 4. The maximum absolute atomic E-state index is 11.8. The van der Waals surface area contributed by atoms with E-state index in [2.05, 4.69) is 6.58 Å². The van der Waals surface area contributed by atoms with Gasteiger partial charge in [0.1, 0.15) is 11.4 Å². The van der Waals surface area contributed by atoms with Crippen molar-refractivity contribution in [3.63, 3.8) is 0 Å². The number of carbonyl (C=O) groups is 2. The Morgan fingerprint density at radius 2 is 2.29 bits per heavy atom. The van der Waals surface area contributed by atoms with Gasteiger partial charge in [0.15, 0.2) is 5.54 Å². The molecule has 5 nitrogen and oxygen atoms in total. The topological polar surface area (TPSA) is 83.6 Å². The number of nitrogens with two attached hydrogens (primary N) is 1. The number of aliphatic carboxylic acids is 1. The predicted molar refractivity (Wildman–Crippen MR) is 65.5 cm³/mol. The van der Waals surface area contributed by atoms with E-state index in [0.717, 1.165) is 0 Å². The van der Waals surface area contributed by atoms with Gasteiger partial charge >= 0.3 is 5.97 Å². The molecule has 1 amide bonds. The van der Waals surface area contributed by atoms with Gasteiger partial charge in [-0.1, -0.05) is 6.08 Å². The number of thioether (sulfide) groups is 1. The van der Waals surface area contributed by atoms with Gasteiger partial charge in [-0.15, -0.1) is 18.3 Å². The van der Waals surface area contributed by atoms with Crippen molar-refractivity contribution < 1.29 is 14.7 Å². The van der Waals surface area contributed by atoms with Crippen LogP contribution in [0.2, 0.25) is 0 Å². The van der Waals surface area contributed by atoms with E-state index in [1.165, 1.54) is 16.7 Å². The number of nitrogens with zero attached hydrogens (tertiary/aromatic N) is 1. The third kappa shape index (κ3) is 1.25. The minimum atomic E-state index is -1.23. The minimum Gasteiger partial charge on any atom is -0.479 e. The average Bonchev–Trinajstić information content (AvgIpc) is 2.46. The number of β-lactam (4-membered cyclic amide) rings is 1. The van der Waals surface area contributed by atoms with Gasteiger partial charge in [-0.3, -0.25) is 4.79 Å². The van der Waals surface area contributed by atoms with E-state index < -0.39 is 22.3 Å². The van der Waals surface area contributed by atoms with Crippen molar-refractivity contribution in [3.8, 4) is 0 Å². The Labute approximate surface area is 104 Å². The van der Waals surface area contributed by atoms with Crippen molar-refractivity contribution in [1.29, 1.82) is 0 Å². The number of hydrogen-bond donors (Lipinski definition) is 2. The van der Waals surface area contributed by atoms with Crippen molar-refractivity contribution >= 4 is 23.6 Å². The molecule has 2 aliphatic heterocycles. The molecule has 0 saturated carbocycles. The molecule has 0 spiro atoms. The molecule has 94 valence electrons. The van der Waals surface area contributed by atoms with Crippen LogP contribution in [0.1, 0.15) is 20.3 Å². The Morgan fingerprint density at radius 3 is 2.76 bits per heavy atom. The number of rotatable bonds is 3. The van der Waals surface area contributed by atoms with Gasteiger partial charge < -0.3 is 15.7 Å². The number of fused-ring (bicyclic) bond motifs is 1. The maximum Gasteiger partial charge on any atom is 0.331 e. The van der Waals surface area contributed by atoms with Gasteiger partial charge in [-0.2, -0.15) is 0 Å². The molecule has 2 fully saturated rings. The zero-order valence-corrected chi connectivity index (χ0v) is 10.7. The smallest absolute Gasteiger partial charge is 0.331 e. The Morgan fingerprint density at radius 1 is 1.71 bits per heavy atom. The standard InChI is InChI=1S/C11H16N2O3S/c1-4-5-11(9(15)16)10(2,3)17-8-6(12)7(14)13(8)11/h4,6,8H,1,5,12H2,2-3H3,(H,15,16)/t6-,8-,11+/m1/s1. The molecule has 3 atom stereocenters. The first kappa shape index (κ1) is 12.4. The Hall–Kier alpha value is -1.01. The summed E-state index contributed by atoms with van der Waals surface area (Å²) in [5.41, 5.74) is 4.49. The van der Waals surface area contributed by atoms with Gasteiger partial charge in [-0.05, 0) is 13.8 Å². The second kappa shape index (κ2) is 3.49. The van der Waals surface area contributed by atoms with Crippen molar-refractivity contribution in [2.45, 2.75) is 42.0 Å². The van der Waals surface area contributed by atoms with Crippen LogP contribution in [0.15, 0.2) is 12.7 Å². The molecule has 3 N–H and O–H groups in total. The van der Waals surface area contributed by atoms with E-state index in [1.54, 1.807) is 6.08 Å². The van der Waals surface area contributed by atoms with Gasteiger partial charge in [0.05, 0.1) is 0 Å². The van der Waals surface area contributed by atoms with Gasteiger partial charge in [-0.25, -0.2) is 4.79 Å². The Bertz CT molecular complexity index is 410. The van der Waals surface area contributed by atoms with Crippen LogP contribution in [0, 0.1) is 0 Å². The van der Waals surface area contributed by atoms with Crippen LogP contribution in [0.5, 0.6) is 0 Å². The highest BCUT2D eigenvalue weighted by molar-refractivity contribution is 8.01. The molecular weight excluding hydrogens is 240 g/mol. The number of carbonyl (C=O) groups excluding carboxylic acids is 1. The summed E-state index contributed by atoms with van der Waals surface area (Å²) in [6, 6.07) is -0.578. The molecule has 17 heavy (non-hydrogen) atoms. The van der Waals surface area contributed by atoms with E-state index >= 15 is 0 Å². The zero-order valence-electron chi connectivity index (χ0n) is 9.84. The summed E-state index contributed by atoms with van der Waals surface area (Å²) >= 11 is 1.46. The first-order valence-corrected chi connectivity index (χ1v) is 6.28. The second-order valence-corrected chi connectivity index (χ2v) is 6.65. The van der Waals surface area contributed by atoms with Crippen molar-refractivity contribution in [1.82, 2.24) is 4.90 Å². The molecule has 0 unspecified atom stereocenters. The first-order valence-electron chi connectivity index (χ1n) is 5.40. The van der Waals surface area contributed by atoms with E-state index in [-0.39, 0.29) is 17.7 Å². The summed E-state index contributed by atoms with van der Waals surface area (Å²) in [4.78, 5) is 24.9.